The first-order chi connectivity index (χ1) is 9.97. The summed E-state index contributed by atoms with van der Waals surface area (Å²) in [6.45, 7) is 6.41. The molecular weight excluding hydrogens is 262 g/mol. The molecule has 2 heterocycles. The van der Waals surface area contributed by atoms with Crippen LogP contribution in [0.25, 0.3) is 11.2 Å². The van der Waals surface area contributed by atoms with Crippen LogP contribution in [0, 0.1) is 0 Å². The van der Waals surface area contributed by atoms with E-state index >= 15 is 0 Å². The number of imidazole rings is 1. The minimum absolute atomic E-state index is 0.122. The van der Waals surface area contributed by atoms with Gasteiger partial charge in [-0.05, 0) is 39.0 Å². The van der Waals surface area contributed by atoms with Gasteiger partial charge in [-0.1, -0.05) is 18.2 Å². The quantitative estimate of drug-likeness (QED) is 0.782. The number of benzene rings is 1. The van der Waals surface area contributed by atoms with Crippen molar-refractivity contribution in [3.05, 3.63) is 54.0 Å². The van der Waals surface area contributed by atoms with Crippen LogP contribution in [0.4, 0.5) is 0 Å². The number of rotatable bonds is 2. The molecule has 0 unspecified atom stereocenters. The number of aromatic hydroxyl groups is 1. The summed E-state index contributed by atoms with van der Waals surface area (Å²) < 4.78 is 2.15. The number of para-hydroxylation sites is 1. The Hall–Kier alpha value is -2.36. The van der Waals surface area contributed by atoms with Gasteiger partial charge in [-0.3, -0.25) is 0 Å². The average molecular weight is 281 g/mol. The van der Waals surface area contributed by atoms with Crippen LogP contribution in [0.1, 0.15) is 32.2 Å². The molecule has 0 bridgehead atoms. The normalized spacial score (nSPS) is 12.0. The number of fused-ring (bicyclic) bond motifs is 1. The highest BCUT2D eigenvalue weighted by molar-refractivity contribution is 5.71. The van der Waals surface area contributed by atoms with E-state index in [1.165, 1.54) is 0 Å². The van der Waals surface area contributed by atoms with Crippen LogP contribution in [-0.2, 0) is 12.0 Å². The van der Waals surface area contributed by atoms with E-state index < -0.39 is 0 Å². The molecule has 4 heteroatoms. The highest BCUT2D eigenvalue weighted by Gasteiger charge is 2.22. The average Bonchev–Trinajstić information content (AvgIpc) is 2.79. The van der Waals surface area contributed by atoms with Crippen molar-refractivity contribution in [1.29, 1.82) is 0 Å². The minimum atomic E-state index is -0.122. The Morgan fingerprint density at radius 3 is 2.57 bits per heavy atom. The molecule has 1 N–H and O–H groups in total. The van der Waals surface area contributed by atoms with Crippen LogP contribution >= 0.6 is 0 Å². The van der Waals surface area contributed by atoms with Crippen molar-refractivity contribution < 1.29 is 5.11 Å². The van der Waals surface area contributed by atoms with E-state index in [1.54, 1.807) is 12.3 Å². The maximum atomic E-state index is 9.99. The van der Waals surface area contributed by atoms with Crippen LogP contribution in [-0.4, -0.2) is 19.6 Å². The Labute approximate surface area is 124 Å². The van der Waals surface area contributed by atoms with Crippen molar-refractivity contribution in [3.8, 4) is 5.75 Å². The Morgan fingerprint density at radius 1 is 1.10 bits per heavy atom. The molecule has 0 saturated heterocycles. The van der Waals surface area contributed by atoms with Crippen LogP contribution < -0.4 is 0 Å². The second kappa shape index (κ2) is 4.88. The summed E-state index contributed by atoms with van der Waals surface area (Å²) in [7, 11) is 0. The first-order valence-corrected chi connectivity index (χ1v) is 7.06. The third-order valence-corrected chi connectivity index (χ3v) is 3.50. The van der Waals surface area contributed by atoms with E-state index in [-0.39, 0.29) is 5.54 Å². The van der Waals surface area contributed by atoms with Crippen molar-refractivity contribution in [1.82, 2.24) is 14.5 Å². The Bertz CT molecular complexity index is 784. The van der Waals surface area contributed by atoms with Crippen LogP contribution in [0.3, 0.4) is 0 Å². The van der Waals surface area contributed by atoms with Gasteiger partial charge in [0, 0.05) is 23.7 Å². The molecule has 0 aliphatic rings. The lowest BCUT2D eigenvalue weighted by molar-refractivity contribution is 0.393. The summed E-state index contributed by atoms with van der Waals surface area (Å²) in [5.41, 5.74) is 2.52. The summed E-state index contributed by atoms with van der Waals surface area (Å²) in [6, 6.07) is 11.3. The number of phenols is 1. The highest BCUT2D eigenvalue weighted by Crippen LogP contribution is 2.27. The fourth-order valence-electron chi connectivity index (χ4n) is 2.61. The van der Waals surface area contributed by atoms with Gasteiger partial charge in [-0.15, -0.1) is 0 Å². The van der Waals surface area contributed by atoms with E-state index in [0.717, 1.165) is 22.6 Å². The predicted octanol–water partition coefficient (Wildman–Crippen LogP) is 3.48. The largest absolute Gasteiger partial charge is 0.508 e. The van der Waals surface area contributed by atoms with Gasteiger partial charge in [-0.25, -0.2) is 9.97 Å². The summed E-state index contributed by atoms with van der Waals surface area (Å²) in [6.07, 6.45) is 2.37. The standard InChI is InChI=1S/C17H19N3O/c1-17(2,3)20-15(11-12-7-4-5-9-14(12)21)19-13-8-6-10-18-16(13)20/h4-10,21H,11H2,1-3H3. The van der Waals surface area contributed by atoms with E-state index in [4.69, 9.17) is 4.98 Å². The fraction of sp³-hybridized carbons (Fsp3) is 0.294. The van der Waals surface area contributed by atoms with Gasteiger partial charge >= 0.3 is 0 Å². The number of nitrogens with zero attached hydrogens (tertiary/aromatic N) is 3. The molecule has 3 aromatic rings. The van der Waals surface area contributed by atoms with Gasteiger partial charge in [0.1, 0.15) is 17.1 Å². The molecule has 0 aliphatic carbocycles. The Balaban J connectivity index is 2.16. The van der Waals surface area contributed by atoms with Crippen LogP contribution in [0.2, 0.25) is 0 Å². The number of phenolic OH excluding ortho intramolecular Hbond substituents is 1. The molecule has 0 atom stereocenters. The van der Waals surface area contributed by atoms with Gasteiger partial charge in [0.2, 0.25) is 0 Å². The summed E-state index contributed by atoms with van der Waals surface area (Å²) >= 11 is 0. The predicted molar refractivity (Wildman–Crippen MR) is 83.4 cm³/mol. The first kappa shape index (κ1) is 13.6. The topological polar surface area (TPSA) is 50.9 Å². The fourth-order valence-corrected chi connectivity index (χ4v) is 2.61. The molecule has 0 aliphatic heterocycles. The second-order valence-corrected chi connectivity index (χ2v) is 6.19. The lowest BCUT2D eigenvalue weighted by Crippen LogP contribution is -2.24. The Kier molecular flexibility index (Phi) is 3.16. The van der Waals surface area contributed by atoms with Gasteiger partial charge in [0.15, 0.2) is 5.65 Å². The van der Waals surface area contributed by atoms with Crippen LogP contribution in [0.5, 0.6) is 5.75 Å². The smallest absolute Gasteiger partial charge is 0.160 e. The molecule has 108 valence electrons. The SMILES string of the molecule is CC(C)(C)n1c(Cc2ccccc2O)nc2cccnc21. The molecule has 2 aromatic heterocycles. The maximum Gasteiger partial charge on any atom is 0.160 e. The summed E-state index contributed by atoms with van der Waals surface area (Å²) in [5, 5.41) is 9.99. The van der Waals surface area contributed by atoms with E-state index in [9.17, 15) is 5.11 Å². The van der Waals surface area contributed by atoms with Crippen molar-refractivity contribution in [2.45, 2.75) is 32.7 Å². The molecule has 4 nitrogen and oxygen atoms in total. The third kappa shape index (κ3) is 2.49. The molecular formula is C17H19N3O. The van der Waals surface area contributed by atoms with E-state index in [1.807, 2.05) is 30.3 Å². The molecule has 1 aromatic carbocycles. The van der Waals surface area contributed by atoms with Gasteiger partial charge in [0.05, 0.1) is 0 Å². The zero-order valence-corrected chi connectivity index (χ0v) is 12.5. The molecule has 0 amide bonds. The van der Waals surface area contributed by atoms with Crippen molar-refractivity contribution >= 4 is 11.2 Å². The molecule has 0 radical (unpaired) electrons. The molecule has 0 saturated carbocycles. The molecule has 3 rings (SSSR count). The lowest BCUT2D eigenvalue weighted by Gasteiger charge is -2.24. The summed E-state index contributed by atoms with van der Waals surface area (Å²) in [4.78, 5) is 9.18. The van der Waals surface area contributed by atoms with Gasteiger partial charge in [0.25, 0.3) is 0 Å². The number of pyridine rings is 1. The number of aromatic nitrogens is 3. The Morgan fingerprint density at radius 2 is 1.86 bits per heavy atom. The third-order valence-electron chi connectivity index (χ3n) is 3.50. The molecule has 0 fully saturated rings. The molecule has 0 spiro atoms. The molecule has 21 heavy (non-hydrogen) atoms. The zero-order valence-electron chi connectivity index (χ0n) is 12.5. The first-order valence-electron chi connectivity index (χ1n) is 7.06. The lowest BCUT2D eigenvalue weighted by atomic mass is 10.1. The van der Waals surface area contributed by atoms with Crippen LogP contribution in [0.15, 0.2) is 42.6 Å². The van der Waals surface area contributed by atoms with Crippen molar-refractivity contribution in [2.24, 2.45) is 0 Å². The van der Waals surface area contributed by atoms with E-state index in [0.29, 0.717) is 12.2 Å². The zero-order chi connectivity index (χ0) is 15.0. The highest BCUT2D eigenvalue weighted by atomic mass is 16.3. The van der Waals surface area contributed by atoms with Gasteiger partial charge < -0.3 is 9.67 Å². The minimum Gasteiger partial charge on any atom is -0.508 e. The number of hydrogen-bond acceptors (Lipinski definition) is 3. The summed E-state index contributed by atoms with van der Waals surface area (Å²) in [5.74, 6) is 1.22. The maximum absolute atomic E-state index is 9.99. The van der Waals surface area contributed by atoms with Gasteiger partial charge in [-0.2, -0.15) is 0 Å². The monoisotopic (exact) mass is 281 g/mol. The van der Waals surface area contributed by atoms with E-state index in [2.05, 4.69) is 30.3 Å². The van der Waals surface area contributed by atoms with Crippen molar-refractivity contribution in [3.63, 3.8) is 0 Å². The number of hydrogen-bond donors (Lipinski definition) is 1. The van der Waals surface area contributed by atoms with Crippen molar-refractivity contribution in [2.75, 3.05) is 0 Å². The second-order valence-electron chi connectivity index (χ2n) is 6.19.